The molecule has 0 fully saturated rings. The SMILES string of the molecule is CCOc1ccc(-c2ccccc2N)c(N)c1OCC. The summed E-state index contributed by atoms with van der Waals surface area (Å²) in [4.78, 5) is 0. The fourth-order valence-corrected chi connectivity index (χ4v) is 2.12. The van der Waals surface area contributed by atoms with Crippen molar-refractivity contribution in [3.63, 3.8) is 0 Å². The van der Waals surface area contributed by atoms with Gasteiger partial charge in [0.05, 0.1) is 18.9 Å². The molecule has 2 rings (SSSR count). The maximum atomic E-state index is 6.24. The van der Waals surface area contributed by atoms with E-state index in [2.05, 4.69) is 0 Å². The molecule has 0 aromatic heterocycles. The summed E-state index contributed by atoms with van der Waals surface area (Å²) in [5.41, 5.74) is 15.2. The normalized spacial score (nSPS) is 10.3. The van der Waals surface area contributed by atoms with Crippen molar-refractivity contribution >= 4 is 11.4 Å². The minimum absolute atomic E-state index is 0.526. The van der Waals surface area contributed by atoms with E-state index in [1.807, 2.05) is 50.2 Å². The van der Waals surface area contributed by atoms with E-state index in [4.69, 9.17) is 20.9 Å². The largest absolute Gasteiger partial charge is 0.490 e. The number of nitrogen functional groups attached to an aromatic ring is 2. The van der Waals surface area contributed by atoms with Gasteiger partial charge in [-0.25, -0.2) is 0 Å². The number of rotatable bonds is 5. The van der Waals surface area contributed by atoms with Crippen LogP contribution in [0.15, 0.2) is 36.4 Å². The second-order valence-corrected chi connectivity index (χ2v) is 4.31. The molecule has 106 valence electrons. The van der Waals surface area contributed by atoms with E-state index in [0.29, 0.717) is 36.1 Å². The Balaban J connectivity index is 2.56. The monoisotopic (exact) mass is 272 g/mol. The second kappa shape index (κ2) is 6.19. The lowest BCUT2D eigenvalue weighted by Crippen LogP contribution is -2.03. The van der Waals surface area contributed by atoms with Crippen molar-refractivity contribution in [2.75, 3.05) is 24.7 Å². The molecular weight excluding hydrogens is 252 g/mol. The fraction of sp³-hybridized carbons (Fsp3) is 0.250. The average molecular weight is 272 g/mol. The van der Waals surface area contributed by atoms with Crippen molar-refractivity contribution in [2.45, 2.75) is 13.8 Å². The summed E-state index contributed by atoms with van der Waals surface area (Å²) in [6.07, 6.45) is 0. The number of benzene rings is 2. The molecule has 0 bridgehead atoms. The van der Waals surface area contributed by atoms with Gasteiger partial charge in [0.15, 0.2) is 11.5 Å². The standard InChI is InChI=1S/C16H20N2O2/c1-3-19-14-10-9-12(15(18)16(14)20-4-2)11-7-5-6-8-13(11)17/h5-10H,3-4,17-18H2,1-2H3. The Morgan fingerprint density at radius 1 is 0.850 bits per heavy atom. The Morgan fingerprint density at radius 2 is 1.55 bits per heavy atom. The molecule has 20 heavy (non-hydrogen) atoms. The van der Waals surface area contributed by atoms with Crippen LogP contribution in [-0.4, -0.2) is 13.2 Å². The van der Waals surface area contributed by atoms with Gasteiger partial charge in [-0.15, -0.1) is 0 Å². The van der Waals surface area contributed by atoms with Crippen molar-refractivity contribution in [3.05, 3.63) is 36.4 Å². The molecule has 0 aliphatic carbocycles. The minimum atomic E-state index is 0.526. The van der Waals surface area contributed by atoms with Crippen LogP contribution in [0.4, 0.5) is 11.4 Å². The molecule has 0 aliphatic heterocycles. The first-order chi connectivity index (χ1) is 9.69. The van der Waals surface area contributed by atoms with E-state index in [1.54, 1.807) is 0 Å². The number of nitrogens with two attached hydrogens (primary N) is 2. The van der Waals surface area contributed by atoms with Crippen LogP contribution in [0.25, 0.3) is 11.1 Å². The molecule has 4 heteroatoms. The van der Waals surface area contributed by atoms with Crippen molar-refractivity contribution in [1.29, 1.82) is 0 Å². The number of anilines is 2. The second-order valence-electron chi connectivity index (χ2n) is 4.31. The summed E-state index contributed by atoms with van der Waals surface area (Å²) in [5.74, 6) is 1.24. The summed E-state index contributed by atoms with van der Waals surface area (Å²) >= 11 is 0. The number of hydrogen-bond donors (Lipinski definition) is 2. The topological polar surface area (TPSA) is 70.5 Å². The van der Waals surface area contributed by atoms with Gasteiger partial charge in [0.2, 0.25) is 0 Å². The van der Waals surface area contributed by atoms with E-state index < -0.39 is 0 Å². The van der Waals surface area contributed by atoms with Gasteiger partial charge < -0.3 is 20.9 Å². The molecule has 4 nitrogen and oxygen atoms in total. The number of para-hydroxylation sites is 1. The molecular formula is C16H20N2O2. The van der Waals surface area contributed by atoms with Gasteiger partial charge in [-0.05, 0) is 32.0 Å². The first kappa shape index (κ1) is 14.1. The van der Waals surface area contributed by atoms with E-state index in [1.165, 1.54) is 0 Å². The third-order valence-corrected chi connectivity index (χ3v) is 3.00. The van der Waals surface area contributed by atoms with Gasteiger partial charge in [-0.3, -0.25) is 0 Å². The molecule has 2 aromatic carbocycles. The van der Waals surface area contributed by atoms with Gasteiger partial charge in [-0.2, -0.15) is 0 Å². The quantitative estimate of drug-likeness (QED) is 0.819. The van der Waals surface area contributed by atoms with Crippen LogP contribution in [-0.2, 0) is 0 Å². The predicted octanol–water partition coefficient (Wildman–Crippen LogP) is 3.32. The third-order valence-electron chi connectivity index (χ3n) is 3.00. The first-order valence-electron chi connectivity index (χ1n) is 6.72. The van der Waals surface area contributed by atoms with Crippen LogP contribution in [0.1, 0.15) is 13.8 Å². The molecule has 0 aliphatic rings. The van der Waals surface area contributed by atoms with Crippen LogP contribution >= 0.6 is 0 Å². The highest BCUT2D eigenvalue weighted by atomic mass is 16.5. The highest BCUT2D eigenvalue weighted by Crippen LogP contribution is 2.42. The molecule has 0 unspecified atom stereocenters. The third kappa shape index (κ3) is 2.64. The zero-order valence-electron chi connectivity index (χ0n) is 11.8. The maximum Gasteiger partial charge on any atom is 0.184 e. The lowest BCUT2D eigenvalue weighted by molar-refractivity contribution is 0.289. The Kier molecular flexibility index (Phi) is 4.35. The summed E-state index contributed by atoms with van der Waals surface area (Å²) < 4.78 is 11.2. The first-order valence-corrected chi connectivity index (χ1v) is 6.72. The highest BCUT2D eigenvalue weighted by Gasteiger charge is 2.15. The van der Waals surface area contributed by atoms with Gasteiger partial charge in [0.25, 0.3) is 0 Å². The van der Waals surface area contributed by atoms with Gasteiger partial charge in [-0.1, -0.05) is 18.2 Å². The molecule has 0 spiro atoms. The van der Waals surface area contributed by atoms with Crippen molar-refractivity contribution in [3.8, 4) is 22.6 Å². The van der Waals surface area contributed by atoms with Crippen LogP contribution in [0.2, 0.25) is 0 Å². The van der Waals surface area contributed by atoms with Gasteiger partial charge >= 0.3 is 0 Å². The molecule has 4 N–H and O–H groups in total. The molecule has 0 heterocycles. The number of ether oxygens (including phenoxy) is 2. The van der Waals surface area contributed by atoms with Crippen molar-refractivity contribution < 1.29 is 9.47 Å². The zero-order chi connectivity index (χ0) is 14.5. The molecule has 2 aromatic rings. The Bertz CT molecular complexity index is 597. The van der Waals surface area contributed by atoms with Crippen molar-refractivity contribution in [2.24, 2.45) is 0 Å². The zero-order valence-corrected chi connectivity index (χ0v) is 11.8. The molecule has 0 radical (unpaired) electrons. The Labute approximate surface area is 119 Å². The van der Waals surface area contributed by atoms with Crippen molar-refractivity contribution in [1.82, 2.24) is 0 Å². The molecule has 0 amide bonds. The summed E-state index contributed by atoms with van der Waals surface area (Å²) in [5, 5.41) is 0. The van der Waals surface area contributed by atoms with Crippen LogP contribution in [0.3, 0.4) is 0 Å². The summed E-state index contributed by atoms with van der Waals surface area (Å²) in [6, 6.07) is 11.4. The maximum absolute atomic E-state index is 6.24. The lowest BCUT2D eigenvalue weighted by Gasteiger charge is -2.17. The Hall–Kier alpha value is -2.36. The molecule has 0 saturated heterocycles. The fourth-order valence-electron chi connectivity index (χ4n) is 2.12. The van der Waals surface area contributed by atoms with E-state index in [9.17, 15) is 0 Å². The van der Waals surface area contributed by atoms with Crippen LogP contribution in [0, 0.1) is 0 Å². The smallest absolute Gasteiger partial charge is 0.184 e. The predicted molar refractivity (Wildman–Crippen MR) is 83.0 cm³/mol. The minimum Gasteiger partial charge on any atom is -0.490 e. The highest BCUT2D eigenvalue weighted by molar-refractivity contribution is 5.88. The average Bonchev–Trinajstić information content (AvgIpc) is 2.44. The van der Waals surface area contributed by atoms with Gasteiger partial charge in [0.1, 0.15) is 0 Å². The summed E-state index contributed by atoms with van der Waals surface area (Å²) in [7, 11) is 0. The molecule has 0 saturated carbocycles. The Morgan fingerprint density at radius 3 is 2.20 bits per heavy atom. The van der Waals surface area contributed by atoms with E-state index in [0.717, 1.165) is 11.1 Å². The molecule has 0 atom stereocenters. The number of hydrogen-bond acceptors (Lipinski definition) is 4. The van der Waals surface area contributed by atoms with Crippen LogP contribution in [0.5, 0.6) is 11.5 Å². The van der Waals surface area contributed by atoms with E-state index >= 15 is 0 Å². The summed E-state index contributed by atoms with van der Waals surface area (Å²) in [6.45, 7) is 4.93. The van der Waals surface area contributed by atoms with E-state index in [-0.39, 0.29) is 0 Å². The lowest BCUT2D eigenvalue weighted by atomic mass is 10.0. The van der Waals surface area contributed by atoms with Crippen LogP contribution < -0.4 is 20.9 Å². The van der Waals surface area contributed by atoms with Gasteiger partial charge in [0, 0.05) is 16.8 Å².